The van der Waals surface area contributed by atoms with Crippen LogP contribution in [0.1, 0.15) is 37.4 Å². The van der Waals surface area contributed by atoms with E-state index < -0.39 is 11.9 Å². The van der Waals surface area contributed by atoms with Gasteiger partial charge in [0, 0.05) is 11.5 Å². The van der Waals surface area contributed by atoms with Crippen LogP contribution >= 0.6 is 0 Å². The number of hydrogen-bond donors (Lipinski definition) is 3. The first-order valence-corrected chi connectivity index (χ1v) is 12.8. The maximum absolute atomic E-state index is 12.3. The van der Waals surface area contributed by atoms with Crippen molar-refractivity contribution in [3.63, 3.8) is 0 Å². The summed E-state index contributed by atoms with van der Waals surface area (Å²) in [7, 11) is 0. The van der Waals surface area contributed by atoms with E-state index in [1.54, 1.807) is 79.1 Å². The van der Waals surface area contributed by atoms with Crippen LogP contribution in [-0.4, -0.2) is 33.5 Å². The van der Waals surface area contributed by atoms with Gasteiger partial charge in [0.2, 0.25) is 0 Å². The number of aromatic hydroxyl groups is 3. The summed E-state index contributed by atoms with van der Waals surface area (Å²) >= 11 is 0. The molecule has 0 aliphatic carbocycles. The van der Waals surface area contributed by atoms with E-state index in [-0.39, 0.29) is 65.1 Å². The fourth-order valence-corrected chi connectivity index (χ4v) is 3.64. The third-order valence-corrected chi connectivity index (χ3v) is 5.82. The number of phenolic OH excluding ortho intramolecular Hbond substituents is 3. The number of ether oxygens (including phenoxy) is 2. The Morgan fingerprint density at radius 1 is 0.614 bits per heavy atom. The fourth-order valence-electron chi connectivity index (χ4n) is 3.64. The first kappa shape index (κ1) is 33.4. The Labute approximate surface area is 277 Å². The molecule has 0 heterocycles. The third-order valence-electron chi connectivity index (χ3n) is 5.82. The van der Waals surface area contributed by atoms with Gasteiger partial charge < -0.3 is 29.6 Å². The summed E-state index contributed by atoms with van der Waals surface area (Å²) in [6.07, 6.45) is 5.25. The number of para-hydroxylation sites is 3. The zero-order chi connectivity index (χ0) is 30.6. The van der Waals surface area contributed by atoms with E-state index in [2.05, 4.69) is 6.07 Å². The summed E-state index contributed by atoms with van der Waals surface area (Å²) < 4.78 is 10.6. The maximum Gasteiger partial charge on any atom is 2.00 e. The predicted octanol–water partition coefficient (Wildman–Crippen LogP) is 6.36. The number of benzene rings is 5. The molecule has 0 atom stereocenters. The molecule has 0 fully saturated rings. The monoisotopic (exact) mass is 810 g/mol. The van der Waals surface area contributed by atoms with Crippen molar-refractivity contribution in [3.05, 3.63) is 149 Å². The van der Waals surface area contributed by atoms with Crippen LogP contribution in [0.4, 0.5) is 0 Å². The van der Waals surface area contributed by atoms with Gasteiger partial charge in [-0.1, -0.05) is 54.6 Å². The Morgan fingerprint density at radius 2 is 1.11 bits per heavy atom. The van der Waals surface area contributed by atoms with Crippen molar-refractivity contribution < 1.29 is 70.3 Å². The molecule has 0 unspecified atom stereocenters. The second-order valence-corrected chi connectivity index (χ2v) is 8.84. The summed E-state index contributed by atoms with van der Waals surface area (Å²) in [4.78, 5) is 34.4. The molecule has 5 rings (SSSR count). The number of phenols is 3. The average molecular weight is 811 g/mol. The minimum absolute atomic E-state index is 0. The van der Waals surface area contributed by atoms with Gasteiger partial charge in [-0.15, -0.1) is 35.4 Å². The topological polar surface area (TPSA) is 130 Å². The molecule has 5 aromatic rings. The molecule has 3 N–H and O–H groups in total. The van der Waals surface area contributed by atoms with Gasteiger partial charge in [-0.3, -0.25) is 0 Å². The van der Waals surface area contributed by atoms with Gasteiger partial charge >= 0.3 is 43.1 Å². The molecule has 0 aromatic heterocycles. The van der Waals surface area contributed by atoms with Gasteiger partial charge in [0.25, 0.3) is 0 Å². The summed E-state index contributed by atoms with van der Waals surface area (Å²) in [5, 5.41) is 28.4. The molecular weight excluding hydrogens is 786 g/mol. The molecule has 0 bridgehead atoms. The Hall–Kier alpha value is -5.10. The van der Waals surface area contributed by atoms with Crippen molar-refractivity contribution in [1.82, 2.24) is 0 Å². The minimum Gasteiger partial charge on any atom is -0.565 e. The molecule has 0 radical (unpaired) electrons. The van der Waals surface area contributed by atoms with Crippen LogP contribution in [0.25, 0.3) is 12.2 Å². The van der Waals surface area contributed by atoms with Gasteiger partial charge in [0.1, 0.15) is 28.4 Å². The van der Waals surface area contributed by atoms with Crippen LogP contribution in [0.5, 0.6) is 28.7 Å². The zero-order valence-corrected chi connectivity index (χ0v) is 27.2. The van der Waals surface area contributed by atoms with Crippen LogP contribution < -0.4 is 9.47 Å². The number of rotatable bonds is 7. The standard InChI is InChI=1S/C28H19O6.C7H5O2.U/c29-25-10-3-1-8-23(25)27(31)33-21-16-14-19(15-17-21)12-13-20-6-5-7-22(18-20)34-28(32)24-9-2-4-11-26(24)30;8-5-6-3-1-2-4-7(6)9;/h1-4,6-18,29-30H;1-4,9H;/q2*-1;+2/b13-12+;;. The van der Waals surface area contributed by atoms with Crippen LogP contribution in [0.2, 0.25) is 0 Å². The fraction of sp³-hybridized carbons (Fsp3) is 0. The number of esters is 2. The van der Waals surface area contributed by atoms with Crippen LogP contribution in [-0.2, 0) is 4.79 Å². The van der Waals surface area contributed by atoms with Crippen molar-refractivity contribution in [3.8, 4) is 28.7 Å². The van der Waals surface area contributed by atoms with Gasteiger partial charge in [-0.25, -0.2) is 9.59 Å². The molecule has 0 saturated heterocycles. The number of carbonyl (C=O) groups excluding carboxylic acids is 3. The first-order valence-electron chi connectivity index (χ1n) is 12.8. The van der Waals surface area contributed by atoms with Gasteiger partial charge in [0.05, 0.1) is 6.29 Å². The van der Waals surface area contributed by atoms with Crippen LogP contribution in [0, 0.1) is 37.2 Å². The Morgan fingerprint density at radius 3 is 1.64 bits per heavy atom. The van der Waals surface area contributed by atoms with E-state index in [0.29, 0.717) is 11.5 Å². The second kappa shape index (κ2) is 16.5. The molecule has 8 nitrogen and oxygen atoms in total. The first-order chi connectivity index (χ1) is 20.8. The van der Waals surface area contributed by atoms with Gasteiger partial charge in [-0.2, -0.15) is 18.2 Å². The van der Waals surface area contributed by atoms with Gasteiger partial charge in [-0.05, 0) is 42.0 Å². The summed E-state index contributed by atoms with van der Waals surface area (Å²) in [6.45, 7) is 0. The Kier molecular flexibility index (Phi) is 12.5. The minimum atomic E-state index is -0.665. The molecule has 0 aliphatic heterocycles. The molecule has 9 heteroatoms. The molecule has 0 spiro atoms. The third kappa shape index (κ3) is 9.46. The SMILES string of the molecule is O=C(Oc1ccc(/C=C/c2c[c-]cc(OC(=O)c3ccccc3O)c2)cc1)c1ccccc1O.O=[C-]c1ccccc1O.[U+2]. The van der Waals surface area contributed by atoms with Crippen molar-refractivity contribution in [2.24, 2.45) is 0 Å². The molecule has 216 valence electrons. The largest absolute Gasteiger partial charge is 2.00 e. The molecule has 0 aliphatic rings. The van der Waals surface area contributed by atoms with E-state index in [1.165, 1.54) is 42.5 Å². The summed E-state index contributed by atoms with van der Waals surface area (Å²) in [5.41, 5.74) is 1.96. The maximum atomic E-state index is 12.3. The molecule has 5 aromatic carbocycles. The quantitative estimate of drug-likeness (QED) is 0.0751. The van der Waals surface area contributed by atoms with E-state index in [9.17, 15) is 24.6 Å². The summed E-state index contributed by atoms with van der Waals surface area (Å²) in [6, 6.07) is 33.3. The van der Waals surface area contributed by atoms with Crippen molar-refractivity contribution >= 4 is 30.4 Å². The summed E-state index contributed by atoms with van der Waals surface area (Å²) in [5.74, 6) is -0.987. The normalized spacial score (nSPS) is 10.1. The van der Waals surface area contributed by atoms with Crippen LogP contribution in [0.3, 0.4) is 0 Å². The number of hydrogen-bond acceptors (Lipinski definition) is 8. The number of carbonyl (C=O) groups is 2. The Bertz CT molecular complexity index is 1760. The van der Waals surface area contributed by atoms with E-state index in [1.807, 2.05) is 12.2 Å². The van der Waals surface area contributed by atoms with E-state index >= 15 is 0 Å². The van der Waals surface area contributed by atoms with Crippen molar-refractivity contribution in [2.45, 2.75) is 0 Å². The van der Waals surface area contributed by atoms with E-state index in [4.69, 9.17) is 14.6 Å². The smallest absolute Gasteiger partial charge is 0.565 e. The van der Waals surface area contributed by atoms with E-state index in [0.717, 1.165) is 11.1 Å². The molecule has 0 amide bonds. The molecular formula is C35H24O8U. The van der Waals surface area contributed by atoms with Crippen molar-refractivity contribution in [1.29, 1.82) is 0 Å². The average Bonchev–Trinajstić information content (AvgIpc) is 3.02. The van der Waals surface area contributed by atoms with Crippen LogP contribution in [0.15, 0.2) is 115 Å². The zero-order valence-electron chi connectivity index (χ0n) is 23.0. The molecule has 0 saturated carbocycles. The predicted molar refractivity (Wildman–Crippen MR) is 160 cm³/mol. The Balaban J connectivity index is 0.000000455. The molecule has 44 heavy (non-hydrogen) atoms. The van der Waals surface area contributed by atoms with Crippen molar-refractivity contribution in [2.75, 3.05) is 0 Å². The van der Waals surface area contributed by atoms with Gasteiger partial charge in [0.15, 0.2) is 0 Å². The second-order valence-electron chi connectivity index (χ2n) is 8.84.